The number of aromatic nitrogens is 3. The molecule has 0 aliphatic carbocycles. The molecular weight excluding hydrogens is 352 g/mol. The third-order valence-electron chi connectivity index (χ3n) is 6.09. The first-order chi connectivity index (χ1) is 13.5. The Labute approximate surface area is 162 Å². The molecule has 1 amide bonds. The molecule has 2 bridgehead atoms. The molecular formula is C22H22N4O2. The first-order valence-electron chi connectivity index (χ1n) is 9.73. The van der Waals surface area contributed by atoms with E-state index in [0.717, 1.165) is 34.5 Å². The van der Waals surface area contributed by atoms with Gasteiger partial charge in [-0.2, -0.15) is 0 Å². The fourth-order valence-electron chi connectivity index (χ4n) is 4.61. The summed E-state index contributed by atoms with van der Waals surface area (Å²) in [6, 6.07) is 11.0. The van der Waals surface area contributed by atoms with Crippen molar-refractivity contribution in [2.75, 3.05) is 13.1 Å². The summed E-state index contributed by atoms with van der Waals surface area (Å²) in [5.41, 5.74) is 5.11. The van der Waals surface area contributed by atoms with Crippen LogP contribution in [-0.2, 0) is 6.54 Å². The number of piperidine rings is 1. The number of rotatable bonds is 1. The summed E-state index contributed by atoms with van der Waals surface area (Å²) in [6.45, 7) is 5.90. The van der Waals surface area contributed by atoms with Gasteiger partial charge in [-0.15, -0.1) is 0 Å². The lowest BCUT2D eigenvalue weighted by Crippen LogP contribution is -2.49. The summed E-state index contributed by atoms with van der Waals surface area (Å²) >= 11 is 0. The van der Waals surface area contributed by atoms with Crippen LogP contribution in [0.1, 0.15) is 39.8 Å². The topological polar surface area (TPSA) is 68.1 Å². The Hall–Kier alpha value is -3.02. The predicted molar refractivity (Wildman–Crippen MR) is 106 cm³/mol. The quantitative estimate of drug-likeness (QED) is 0.657. The number of likely N-dealkylation sites (tertiary alicyclic amines) is 1. The SMILES string of the molecule is Cc1nc2ccc(C(=O)N3C[C@@H]4C[C@H](C3)c3cccc(=O)n3C4)cc2nc1C. The Morgan fingerprint density at radius 3 is 2.61 bits per heavy atom. The van der Waals surface area contributed by atoms with Gasteiger partial charge >= 0.3 is 0 Å². The van der Waals surface area contributed by atoms with Crippen molar-refractivity contribution in [3.05, 3.63) is 69.4 Å². The maximum atomic E-state index is 13.2. The van der Waals surface area contributed by atoms with E-state index in [0.29, 0.717) is 31.1 Å². The van der Waals surface area contributed by atoms with Crippen LogP contribution < -0.4 is 5.56 Å². The number of hydrogen-bond acceptors (Lipinski definition) is 4. The van der Waals surface area contributed by atoms with Gasteiger partial charge in [0.05, 0.1) is 22.4 Å². The summed E-state index contributed by atoms with van der Waals surface area (Å²) in [4.78, 5) is 36.5. The maximum Gasteiger partial charge on any atom is 0.253 e. The highest BCUT2D eigenvalue weighted by atomic mass is 16.2. The van der Waals surface area contributed by atoms with Crippen molar-refractivity contribution >= 4 is 16.9 Å². The van der Waals surface area contributed by atoms with Gasteiger partial charge < -0.3 is 9.47 Å². The summed E-state index contributed by atoms with van der Waals surface area (Å²) in [6.07, 6.45) is 1.04. The molecule has 6 nitrogen and oxygen atoms in total. The standard InChI is InChI=1S/C22H22N4O2/c1-13-14(2)24-19-9-16(6-7-18(19)23-13)22(28)25-10-15-8-17(12-25)20-4-3-5-21(27)26(20)11-15/h3-7,9,15,17H,8,10-12H2,1-2H3/t15-,17+/m0/s1. The number of aryl methyl sites for hydroxylation is 2. The molecule has 28 heavy (non-hydrogen) atoms. The van der Waals surface area contributed by atoms with E-state index >= 15 is 0 Å². The summed E-state index contributed by atoms with van der Waals surface area (Å²) in [7, 11) is 0. The van der Waals surface area contributed by atoms with E-state index in [2.05, 4.69) is 9.97 Å². The molecule has 0 spiro atoms. The molecule has 2 atom stereocenters. The lowest BCUT2D eigenvalue weighted by Gasteiger charge is -2.42. The molecule has 142 valence electrons. The molecule has 1 aromatic carbocycles. The monoisotopic (exact) mass is 374 g/mol. The van der Waals surface area contributed by atoms with Gasteiger partial charge in [0.15, 0.2) is 0 Å². The lowest BCUT2D eigenvalue weighted by molar-refractivity contribution is 0.0594. The van der Waals surface area contributed by atoms with Gasteiger partial charge in [-0.1, -0.05) is 6.07 Å². The summed E-state index contributed by atoms with van der Waals surface area (Å²) < 4.78 is 1.89. The number of nitrogens with zero attached hydrogens (tertiary/aromatic N) is 4. The summed E-state index contributed by atoms with van der Waals surface area (Å²) in [5, 5.41) is 0. The number of carbonyl (C=O) groups excluding carboxylic acids is 1. The molecule has 2 aliphatic rings. The average molecular weight is 374 g/mol. The second kappa shape index (κ2) is 6.26. The van der Waals surface area contributed by atoms with Crippen molar-refractivity contribution in [3.8, 4) is 0 Å². The van der Waals surface area contributed by atoms with Crippen molar-refractivity contribution in [2.24, 2.45) is 5.92 Å². The lowest BCUT2D eigenvalue weighted by atomic mass is 9.83. The highest BCUT2D eigenvalue weighted by Crippen LogP contribution is 2.35. The van der Waals surface area contributed by atoms with Crippen LogP contribution in [-0.4, -0.2) is 38.4 Å². The van der Waals surface area contributed by atoms with E-state index in [1.54, 1.807) is 6.07 Å². The molecule has 0 N–H and O–H groups in total. The molecule has 2 aromatic heterocycles. The zero-order valence-corrected chi connectivity index (χ0v) is 16.1. The van der Waals surface area contributed by atoms with Crippen LogP contribution in [0.5, 0.6) is 0 Å². The Morgan fingerprint density at radius 2 is 1.79 bits per heavy atom. The van der Waals surface area contributed by atoms with Gasteiger partial charge in [0.1, 0.15) is 0 Å². The Balaban J connectivity index is 1.46. The number of benzene rings is 1. The molecule has 0 saturated carbocycles. The molecule has 0 unspecified atom stereocenters. The number of fused-ring (bicyclic) bond motifs is 5. The number of carbonyl (C=O) groups is 1. The zero-order valence-electron chi connectivity index (χ0n) is 16.1. The number of hydrogen-bond donors (Lipinski definition) is 0. The first kappa shape index (κ1) is 17.1. The second-order valence-corrected chi connectivity index (χ2v) is 8.01. The van der Waals surface area contributed by atoms with E-state index in [-0.39, 0.29) is 17.4 Å². The molecule has 6 heteroatoms. The van der Waals surface area contributed by atoms with Crippen LogP contribution in [0.2, 0.25) is 0 Å². The predicted octanol–water partition coefficient (Wildman–Crippen LogP) is 2.67. The van der Waals surface area contributed by atoms with Gasteiger partial charge in [-0.25, -0.2) is 9.97 Å². The van der Waals surface area contributed by atoms with E-state index in [9.17, 15) is 9.59 Å². The highest BCUT2D eigenvalue weighted by molar-refractivity contribution is 5.97. The van der Waals surface area contributed by atoms with Gasteiger partial charge in [0.25, 0.3) is 11.5 Å². The first-order valence-corrected chi connectivity index (χ1v) is 9.73. The normalized spacial score (nSPS) is 20.9. The molecule has 1 saturated heterocycles. The molecule has 5 rings (SSSR count). The Bertz CT molecular complexity index is 1170. The summed E-state index contributed by atoms with van der Waals surface area (Å²) in [5.74, 6) is 0.569. The number of amides is 1. The van der Waals surface area contributed by atoms with Crippen molar-refractivity contribution in [2.45, 2.75) is 32.7 Å². The van der Waals surface area contributed by atoms with Crippen LogP contribution in [0.15, 0.2) is 41.2 Å². The van der Waals surface area contributed by atoms with Crippen molar-refractivity contribution in [1.29, 1.82) is 0 Å². The fraction of sp³-hybridized carbons (Fsp3) is 0.364. The maximum absolute atomic E-state index is 13.2. The highest BCUT2D eigenvalue weighted by Gasteiger charge is 2.36. The van der Waals surface area contributed by atoms with E-state index in [4.69, 9.17) is 0 Å². The zero-order chi connectivity index (χ0) is 19.4. The van der Waals surface area contributed by atoms with Crippen LogP contribution in [0, 0.1) is 19.8 Å². The van der Waals surface area contributed by atoms with E-state index in [1.165, 1.54) is 0 Å². The Kier molecular flexibility index (Phi) is 3.82. The van der Waals surface area contributed by atoms with Gasteiger partial charge in [0, 0.05) is 42.9 Å². The Morgan fingerprint density at radius 1 is 1.00 bits per heavy atom. The minimum Gasteiger partial charge on any atom is -0.338 e. The third-order valence-corrected chi connectivity index (χ3v) is 6.09. The third kappa shape index (κ3) is 2.71. The van der Waals surface area contributed by atoms with Crippen LogP contribution >= 0.6 is 0 Å². The smallest absolute Gasteiger partial charge is 0.253 e. The van der Waals surface area contributed by atoms with Crippen LogP contribution in [0.25, 0.3) is 11.0 Å². The number of pyridine rings is 1. The molecule has 2 aliphatic heterocycles. The van der Waals surface area contributed by atoms with Gasteiger partial charge in [-0.05, 0) is 50.5 Å². The van der Waals surface area contributed by atoms with Crippen molar-refractivity contribution < 1.29 is 4.79 Å². The molecule has 0 radical (unpaired) electrons. The molecule has 4 heterocycles. The van der Waals surface area contributed by atoms with Crippen LogP contribution in [0.4, 0.5) is 0 Å². The average Bonchev–Trinajstić information content (AvgIpc) is 2.69. The minimum atomic E-state index is 0.0309. The molecule has 1 fully saturated rings. The van der Waals surface area contributed by atoms with Gasteiger partial charge in [-0.3, -0.25) is 9.59 Å². The van der Waals surface area contributed by atoms with Gasteiger partial charge in [0.2, 0.25) is 0 Å². The largest absolute Gasteiger partial charge is 0.338 e. The fourth-order valence-corrected chi connectivity index (χ4v) is 4.61. The van der Waals surface area contributed by atoms with Crippen molar-refractivity contribution in [3.63, 3.8) is 0 Å². The van der Waals surface area contributed by atoms with Crippen molar-refractivity contribution in [1.82, 2.24) is 19.4 Å². The van der Waals surface area contributed by atoms with Crippen LogP contribution in [0.3, 0.4) is 0 Å². The minimum absolute atomic E-state index is 0.0309. The molecule has 3 aromatic rings. The van der Waals surface area contributed by atoms with E-state index in [1.807, 2.05) is 53.6 Å². The second-order valence-electron chi connectivity index (χ2n) is 8.01. The van der Waals surface area contributed by atoms with E-state index < -0.39 is 0 Å².